The average Bonchev–Trinajstić information content (AvgIpc) is 2.34. The Morgan fingerprint density at radius 2 is 1.68 bits per heavy atom. The summed E-state index contributed by atoms with van der Waals surface area (Å²) >= 11 is 0. The Morgan fingerprint density at radius 1 is 1.18 bits per heavy atom. The molecule has 0 radical (unpaired) electrons. The van der Waals surface area contributed by atoms with Crippen molar-refractivity contribution in [1.82, 2.24) is 15.3 Å². The summed E-state index contributed by atoms with van der Waals surface area (Å²) in [5.74, 6) is -1.46. The molecule has 0 fully saturated rings. The molecule has 9 nitrogen and oxygen atoms in total. The largest absolute Gasteiger partial charge is 0.480 e. The van der Waals surface area contributed by atoms with Gasteiger partial charge in [0.25, 0.3) is 0 Å². The third-order valence-electron chi connectivity index (χ3n) is 3.24. The van der Waals surface area contributed by atoms with Gasteiger partial charge in [0, 0.05) is 18.6 Å². The normalized spacial score (nSPS) is 12.5. The molecule has 9 heteroatoms. The molecule has 0 saturated carbocycles. The molecule has 0 amide bonds. The number of carboxylic acids is 1. The maximum atomic E-state index is 11.5. The molecule has 22 heavy (non-hydrogen) atoms. The second kappa shape index (κ2) is 9.08. The highest BCUT2D eigenvalue weighted by molar-refractivity contribution is 5.80. The first-order valence-corrected chi connectivity index (χ1v) is 7.30. The minimum atomic E-state index is -0.865. The maximum absolute atomic E-state index is 11.5. The Labute approximate surface area is 131 Å². The molecule has 0 aromatic rings. The van der Waals surface area contributed by atoms with Crippen molar-refractivity contribution in [2.24, 2.45) is 11.5 Å². The van der Waals surface area contributed by atoms with Crippen molar-refractivity contribution in [3.63, 3.8) is 0 Å². The Morgan fingerprint density at radius 3 is 2.00 bits per heavy atom. The second-order valence-electron chi connectivity index (χ2n) is 5.69. The maximum Gasteiger partial charge on any atom is 0.320 e. The predicted molar refractivity (Wildman–Crippen MR) is 86.4 cm³/mol. The van der Waals surface area contributed by atoms with Gasteiger partial charge in [0.15, 0.2) is 0 Å². The van der Waals surface area contributed by atoms with Gasteiger partial charge >= 0.3 is 5.97 Å². The first kappa shape index (κ1) is 20.0. The molecule has 0 aromatic heterocycles. The molecule has 0 aliphatic carbocycles. The summed E-state index contributed by atoms with van der Waals surface area (Å²) in [7, 11) is 0. The molecule has 0 bridgehead atoms. The van der Waals surface area contributed by atoms with Gasteiger partial charge in [-0.2, -0.15) is 0 Å². The van der Waals surface area contributed by atoms with Crippen molar-refractivity contribution in [2.75, 3.05) is 6.54 Å². The highest BCUT2D eigenvalue weighted by Crippen LogP contribution is 2.15. The van der Waals surface area contributed by atoms with E-state index in [9.17, 15) is 9.90 Å². The lowest BCUT2D eigenvalue weighted by Crippen LogP contribution is -2.52. The van der Waals surface area contributed by atoms with E-state index in [0.29, 0.717) is 19.4 Å². The highest BCUT2D eigenvalue weighted by Gasteiger charge is 2.29. The molecule has 0 unspecified atom stereocenters. The van der Waals surface area contributed by atoms with Crippen LogP contribution in [0.2, 0.25) is 0 Å². The lowest BCUT2D eigenvalue weighted by molar-refractivity contribution is -0.145. The van der Waals surface area contributed by atoms with Crippen molar-refractivity contribution in [3.8, 4) is 0 Å². The van der Waals surface area contributed by atoms with Gasteiger partial charge in [-0.25, -0.2) is 0 Å². The molecule has 0 aliphatic heterocycles. The van der Waals surface area contributed by atoms with E-state index in [1.54, 1.807) is 0 Å². The number of nitrogens with two attached hydrogens (primary N) is 2. The number of nitrogens with one attached hydrogen (secondary N) is 3. The van der Waals surface area contributed by atoms with Crippen molar-refractivity contribution >= 4 is 17.9 Å². The van der Waals surface area contributed by atoms with Crippen LogP contribution in [0.4, 0.5) is 0 Å². The van der Waals surface area contributed by atoms with Crippen molar-refractivity contribution in [3.05, 3.63) is 0 Å². The van der Waals surface area contributed by atoms with E-state index in [4.69, 9.17) is 22.3 Å². The lowest BCUT2D eigenvalue weighted by Gasteiger charge is -2.36. The SMILES string of the molecule is CC(C)N(C(C)C)[C@H](CCCN(NC(=N)N)C(=N)N)C(=O)O. The van der Waals surface area contributed by atoms with Gasteiger partial charge in [-0.1, -0.05) is 0 Å². The number of hydrogen-bond acceptors (Lipinski definition) is 4. The van der Waals surface area contributed by atoms with Gasteiger partial charge in [-0.05, 0) is 40.5 Å². The van der Waals surface area contributed by atoms with E-state index in [-0.39, 0.29) is 24.0 Å². The molecule has 0 aromatic carbocycles. The number of nitrogens with zero attached hydrogens (tertiary/aromatic N) is 2. The summed E-state index contributed by atoms with van der Waals surface area (Å²) in [6.07, 6.45) is 0.905. The Bertz CT molecular complexity index is 390. The third kappa shape index (κ3) is 6.61. The number of hydrazine groups is 1. The minimum absolute atomic E-state index is 0.111. The van der Waals surface area contributed by atoms with Crippen LogP contribution >= 0.6 is 0 Å². The smallest absolute Gasteiger partial charge is 0.320 e. The van der Waals surface area contributed by atoms with Crippen LogP contribution in [0, 0.1) is 10.8 Å². The third-order valence-corrected chi connectivity index (χ3v) is 3.24. The van der Waals surface area contributed by atoms with E-state index in [1.165, 1.54) is 5.01 Å². The summed E-state index contributed by atoms with van der Waals surface area (Å²) in [5, 5.41) is 25.2. The van der Waals surface area contributed by atoms with Crippen molar-refractivity contribution < 1.29 is 9.90 Å². The molecule has 1 atom stereocenters. The fourth-order valence-electron chi connectivity index (χ4n) is 2.54. The molecule has 0 saturated heterocycles. The monoisotopic (exact) mass is 315 g/mol. The number of rotatable bonds is 8. The molecule has 0 spiro atoms. The van der Waals surface area contributed by atoms with Gasteiger partial charge in [0.1, 0.15) is 6.04 Å². The molecule has 0 heterocycles. The molecule has 128 valence electrons. The van der Waals surface area contributed by atoms with E-state index in [0.717, 1.165) is 0 Å². The molecular weight excluding hydrogens is 286 g/mol. The predicted octanol–water partition coefficient (Wildman–Crippen LogP) is -0.0679. The van der Waals surface area contributed by atoms with E-state index in [1.807, 2.05) is 32.6 Å². The first-order chi connectivity index (χ1) is 10.1. The second-order valence-corrected chi connectivity index (χ2v) is 5.69. The molecular formula is C13H29N7O2. The standard InChI is InChI=1S/C13H29N7O2/c1-8(2)20(9(3)4)10(11(21)22)6-5-7-19(13(16)17)18-12(14)15/h8-10H,5-7H2,1-4H3,(H3,16,17)(H,21,22)(H4,14,15,18)/t10-/m1/s1. The van der Waals surface area contributed by atoms with Crippen LogP contribution in [-0.2, 0) is 4.79 Å². The number of guanidine groups is 2. The van der Waals surface area contributed by atoms with Crippen molar-refractivity contribution in [1.29, 1.82) is 10.8 Å². The fraction of sp³-hybridized carbons (Fsp3) is 0.769. The van der Waals surface area contributed by atoms with Gasteiger partial charge in [-0.3, -0.25) is 30.9 Å². The van der Waals surface area contributed by atoms with E-state index < -0.39 is 12.0 Å². The van der Waals surface area contributed by atoms with Crippen LogP contribution in [-0.4, -0.2) is 57.6 Å². The zero-order chi connectivity index (χ0) is 17.4. The zero-order valence-electron chi connectivity index (χ0n) is 13.8. The van der Waals surface area contributed by atoms with Gasteiger partial charge in [-0.15, -0.1) is 0 Å². The fourth-order valence-corrected chi connectivity index (χ4v) is 2.54. The van der Waals surface area contributed by atoms with E-state index >= 15 is 0 Å². The van der Waals surface area contributed by atoms with Gasteiger partial charge < -0.3 is 16.6 Å². The van der Waals surface area contributed by atoms with Crippen LogP contribution in [0.1, 0.15) is 40.5 Å². The number of carbonyl (C=O) groups is 1. The first-order valence-electron chi connectivity index (χ1n) is 7.30. The molecule has 0 rings (SSSR count). The van der Waals surface area contributed by atoms with Gasteiger partial charge in [0.2, 0.25) is 11.9 Å². The van der Waals surface area contributed by atoms with Gasteiger partial charge in [0.05, 0.1) is 0 Å². The van der Waals surface area contributed by atoms with Crippen LogP contribution in [0.5, 0.6) is 0 Å². The summed E-state index contributed by atoms with van der Waals surface area (Å²) in [6, 6.07) is -0.383. The van der Waals surface area contributed by atoms with Crippen LogP contribution in [0.25, 0.3) is 0 Å². The minimum Gasteiger partial charge on any atom is -0.480 e. The van der Waals surface area contributed by atoms with Crippen LogP contribution in [0.15, 0.2) is 0 Å². The molecule has 0 aliphatic rings. The number of aliphatic carboxylic acids is 1. The quantitative estimate of drug-likeness (QED) is 0.208. The Hall–Kier alpha value is -2.03. The summed E-state index contributed by atoms with van der Waals surface area (Å²) < 4.78 is 0. The summed E-state index contributed by atoms with van der Waals surface area (Å²) in [4.78, 5) is 13.5. The number of hydrogen-bond donors (Lipinski definition) is 6. The lowest BCUT2D eigenvalue weighted by atomic mass is 10.1. The van der Waals surface area contributed by atoms with E-state index in [2.05, 4.69) is 5.43 Å². The number of carboxylic acid groups (broad SMARTS) is 1. The van der Waals surface area contributed by atoms with Crippen LogP contribution < -0.4 is 16.9 Å². The highest BCUT2D eigenvalue weighted by atomic mass is 16.4. The molecule has 8 N–H and O–H groups in total. The Balaban J connectivity index is 4.74. The van der Waals surface area contributed by atoms with Crippen LogP contribution in [0.3, 0.4) is 0 Å². The summed E-state index contributed by atoms with van der Waals surface area (Å²) in [5.41, 5.74) is 13.0. The topological polar surface area (TPSA) is 156 Å². The Kier molecular flexibility index (Phi) is 8.24. The average molecular weight is 315 g/mol. The van der Waals surface area contributed by atoms with Crippen molar-refractivity contribution in [2.45, 2.75) is 58.7 Å². The zero-order valence-corrected chi connectivity index (χ0v) is 13.8. The summed E-state index contributed by atoms with van der Waals surface area (Å²) in [6.45, 7) is 8.16.